The van der Waals surface area contributed by atoms with Gasteiger partial charge < -0.3 is 9.47 Å². The molecule has 0 radical (unpaired) electrons. The van der Waals surface area contributed by atoms with Crippen LogP contribution in [0.25, 0.3) is 0 Å². The Morgan fingerprint density at radius 1 is 1.16 bits per heavy atom. The van der Waals surface area contributed by atoms with Crippen molar-refractivity contribution in [2.45, 2.75) is 45.4 Å². The van der Waals surface area contributed by atoms with E-state index in [0.29, 0.717) is 0 Å². The molecule has 0 saturated carbocycles. The van der Waals surface area contributed by atoms with Gasteiger partial charge >= 0.3 is 0 Å². The molecule has 0 unspecified atom stereocenters. The average molecular weight is 343 g/mol. The minimum atomic E-state index is -0.166. The molecular formula is C21H26FNO2. The first kappa shape index (κ1) is 17.7. The van der Waals surface area contributed by atoms with E-state index in [2.05, 4.69) is 11.0 Å². The summed E-state index contributed by atoms with van der Waals surface area (Å²) in [7, 11) is 1.66. The van der Waals surface area contributed by atoms with Crippen molar-refractivity contribution >= 4 is 0 Å². The van der Waals surface area contributed by atoms with E-state index in [9.17, 15) is 4.39 Å². The summed E-state index contributed by atoms with van der Waals surface area (Å²) in [5, 5.41) is 0. The second-order valence-electron chi connectivity index (χ2n) is 6.84. The molecule has 2 aromatic carbocycles. The molecule has 0 N–H and O–H groups in total. The predicted molar refractivity (Wildman–Crippen MR) is 97.5 cm³/mol. The summed E-state index contributed by atoms with van der Waals surface area (Å²) in [6.45, 7) is 5.84. The average Bonchev–Trinajstić information content (AvgIpc) is 3.04. The van der Waals surface area contributed by atoms with Crippen LogP contribution in [-0.4, -0.2) is 24.7 Å². The van der Waals surface area contributed by atoms with Gasteiger partial charge in [0.05, 0.1) is 13.2 Å². The highest BCUT2D eigenvalue weighted by Crippen LogP contribution is 2.35. The number of likely N-dealkylation sites (tertiary alicyclic amines) is 1. The third-order valence-electron chi connectivity index (χ3n) is 4.57. The highest BCUT2D eigenvalue weighted by molar-refractivity contribution is 5.43. The monoisotopic (exact) mass is 343 g/mol. The first-order valence-corrected chi connectivity index (χ1v) is 8.90. The van der Waals surface area contributed by atoms with Crippen LogP contribution < -0.4 is 9.47 Å². The fourth-order valence-electron chi connectivity index (χ4n) is 3.50. The molecule has 1 aliphatic rings. The number of benzene rings is 2. The van der Waals surface area contributed by atoms with Crippen molar-refractivity contribution in [1.29, 1.82) is 0 Å². The molecule has 4 heteroatoms. The Hall–Kier alpha value is -2.07. The van der Waals surface area contributed by atoms with Crippen molar-refractivity contribution in [3.63, 3.8) is 0 Å². The van der Waals surface area contributed by atoms with Crippen LogP contribution in [0.4, 0.5) is 4.39 Å². The van der Waals surface area contributed by atoms with E-state index in [1.165, 1.54) is 11.6 Å². The van der Waals surface area contributed by atoms with Crippen LogP contribution in [0.2, 0.25) is 0 Å². The van der Waals surface area contributed by atoms with E-state index in [-0.39, 0.29) is 18.0 Å². The fourth-order valence-corrected chi connectivity index (χ4v) is 3.50. The smallest absolute Gasteiger partial charge is 0.161 e. The zero-order chi connectivity index (χ0) is 17.8. The molecule has 0 amide bonds. The van der Waals surface area contributed by atoms with Gasteiger partial charge in [-0.15, -0.1) is 0 Å². The molecule has 1 heterocycles. The summed E-state index contributed by atoms with van der Waals surface area (Å²) >= 11 is 0. The van der Waals surface area contributed by atoms with Gasteiger partial charge in [-0.3, -0.25) is 4.90 Å². The number of hydrogen-bond acceptors (Lipinski definition) is 3. The lowest BCUT2D eigenvalue weighted by Gasteiger charge is -2.25. The minimum Gasteiger partial charge on any atom is -0.493 e. The van der Waals surface area contributed by atoms with Gasteiger partial charge in [0.2, 0.25) is 0 Å². The first-order valence-electron chi connectivity index (χ1n) is 8.90. The van der Waals surface area contributed by atoms with E-state index in [0.717, 1.165) is 43.0 Å². The zero-order valence-corrected chi connectivity index (χ0v) is 15.2. The van der Waals surface area contributed by atoms with Gasteiger partial charge in [-0.25, -0.2) is 4.39 Å². The Bertz CT molecular complexity index is 717. The highest BCUT2D eigenvalue weighted by atomic mass is 19.1. The molecule has 25 heavy (non-hydrogen) atoms. The molecule has 2 aromatic rings. The van der Waals surface area contributed by atoms with Crippen molar-refractivity contribution < 1.29 is 13.9 Å². The number of methoxy groups -OCH3 is 1. The SMILES string of the molecule is COc1cc(CN2CCC[C@@H]2c2cccc(F)c2)ccc1OC(C)C. The minimum absolute atomic E-state index is 0.107. The lowest BCUT2D eigenvalue weighted by Crippen LogP contribution is -2.22. The van der Waals surface area contributed by atoms with Crippen LogP contribution in [0, 0.1) is 5.82 Å². The summed E-state index contributed by atoms with van der Waals surface area (Å²) in [5.41, 5.74) is 2.24. The van der Waals surface area contributed by atoms with Crippen molar-refractivity contribution in [3.8, 4) is 11.5 Å². The Morgan fingerprint density at radius 3 is 2.72 bits per heavy atom. The van der Waals surface area contributed by atoms with E-state index >= 15 is 0 Å². The van der Waals surface area contributed by atoms with Crippen molar-refractivity contribution in [2.75, 3.05) is 13.7 Å². The Labute approximate surface area is 149 Å². The Balaban J connectivity index is 1.77. The summed E-state index contributed by atoms with van der Waals surface area (Å²) < 4.78 is 24.8. The number of nitrogens with zero attached hydrogens (tertiary/aromatic N) is 1. The standard InChI is InChI=1S/C21H26FNO2/c1-15(2)25-20-10-9-16(12-21(20)24-3)14-23-11-5-8-19(23)17-6-4-7-18(22)13-17/h4,6-7,9-10,12-13,15,19H,5,8,11,14H2,1-3H3/t19-/m1/s1. The second kappa shape index (κ2) is 7.87. The predicted octanol–water partition coefficient (Wildman–Crippen LogP) is 4.96. The molecule has 1 aliphatic heterocycles. The maximum Gasteiger partial charge on any atom is 0.161 e. The maximum atomic E-state index is 13.6. The molecule has 134 valence electrons. The molecule has 0 aliphatic carbocycles. The molecule has 1 atom stereocenters. The summed E-state index contributed by atoms with van der Waals surface area (Å²) in [6, 6.07) is 13.3. The van der Waals surface area contributed by atoms with Gasteiger partial charge in [0.15, 0.2) is 11.5 Å². The molecular weight excluding hydrogens is 317 g/mol. The second-order valence-corrected chi connectivity index (χ2v) is 6.84. The lowest BCUT2D eigenvalue weighted by atomic mass is 10.0. The number of rotatable bonds is 6. The topological polar surface area (TPSA) is 21.7 Å². The van der Waals surface area contributed by atoms with E-state index < -0.39 is 0 Å². The number of hydrogen-bond donors (Lipinski definition) is 0. The Kier molecular flexibility index (Phi) is 5.59. The highest BCUT2D eigenvalue weighted by Gasteiger charge is 2.26. The molecule has 3 rings (SSSR count). The van der Waals surface area contributed by atoms with Crippen LogP contribution in [-0.2, 0) is 6.54 Å². The molecule has 3 nitrogen and oxygen atoms in total. The molecule has 1 fully saturated rings. The van der Waals surface area contributed by atoms with Crippen molar-refractivity contribution in [2.24, 2.45) is 0 Å². The third kappa shape index (κ3) is 4.31. The molecule has 0 spiro atoms. The summed E-state index contributed by atoms with van der Waals surface area (Å²) in [4.78, 5) is 2.41. The molecule has 1 saturated heterocycles. The largest absolute Gasteiger partial charge is 0.493 e. The normalized spacial score (nSPS) is 17.9. The van der Waals surface area contributed by atoms with E-state index in [4.69, 9.17) is 9.47 Å². The Morgan fingerprint density at radius 2 is 2.00 bits per heavy atom. The van der Waals surface area contributed by atoms with Crippen molar-refractivity contribution in [1.82, 2.24) is 4.90 Å². The molecule has 0 bridgehead atoms. The van der Waals surface area contributed by atoms with Gasteiger partial charge in [-0.1, -0.05) is 18.2 Å². The van der Waals surface area contributed by atoms with Crippen LogP contribution >= 0.6 is 0 Å². The van der Waals surface area contributed by atoms with Crippen molar-refractivity contribution in [3.05, 3.63) is 59.4 Å². The lowest BCUT2D eigenvalue weighted by molar-refractivity contribution is 0.228. The van der Waals surface area contributed by atoms with Gasteiger partial charge in [0.25, 0.3) is 0 Å². The van der Waals surface area contributed by atoms with Gasteiger partial charge in [0.1, 0.15) is 5.82 Å². The van der Waals surface area contributed by atoms with E-state index in [1.54, 1.807) is 19.2 Å². The van der Waals surface area contributed by atoms with Crippen LogP contribution in [0.5, 0.6) is 11.5 Å². The fraction of sp³-hybridized carbons (Fsp3) is 0.429. The quantitative estimate of drug-likeness (QED) is 0.740. The van der Waals surface area contributed by atoms with Gasteiger partial charge in [-0.05, 0) is 68.6 Å². The maximum absolute atomic E-state index is 13.6. The van der Waals surface area contributed by atoms with E-state index in [1.807, 2.05) is 32.0 Å². The van der Waals surface area contributed by atoms with Crippen LogP contribution in [0.15, 0.2) is 42.5 Å². The molecule has 0 aromatic heterocycles. The summed E-state index contributed by atoms with van der Waals surface area (Å²) in [5.74, 6) is 1.36. The van der Waals surface area contributed by atoms with Crippen LogP contribution in [0.3, 0.4) is 0 Å². The third-order valence-corrected chi connectivity index (χ3v) is 4.57. The summed E-state index contributed by atoms with van der Waals surface area (Å²) in [6.07, 6.45) is 2.30. The van der Waals surface area contributed by atoms with Gasteiger partial charge in [0, 0.05) is 12.6 Å². The van der Waals surface area contributed by atoms with Gasteiger partial charge in [-0.2, -0.15) is 0 Å². The number of ether oxygens (including phenoxy) is 2. The first-order chi connectivity index (χ1) is 12.1. The zero-order valence-electron chi connectivity index (χ0n) is 15.2. The van der Waals surface area contributed by atoms with Crippen LogP contribution in [0.1, 0.15) is 43.9 Å². The number of halogens is 1.